The molecule has 1 aromatic heterocycles. The number of anilines is 1. The summed E-state index contributed by atoms with van der Waals surface area (Å²) in [7, 11) is 0. The summed E-state index contributed by atoms with van der Waals surface area (Å²) in [5.74, 6) is -0.215. The lowest BCUT2D eigenvalue weighted by molar-refractivity contribution is -0.115. The van der Waals surface area contributed by atoms with Crippen LogP contribution in [0.25, 0.3) is 0 Å². The van der Waals surface area contributed by atoms with Gasteiger partial charge in [0.25, 0.3) is 5.91 Å². The van der Waals surface area contributed by atoms with Gasteiger partial charge in [-0.2, -0.15) is 0 Å². The van der Waals surface area contributed by atoms with Crippen LogP contribution < -0.4 is 10.2 Å². The standard InChI is InChI=1S/C12H13N3O2/c16-11-7-14-12(17)15(11)9-5-8-3-1-2-4-10(8)13-6-9/h5-6H,1-4,7H2,(H,14,17). The van der Waals surface area contributed by atoms with E-state index >= 15 is 0 Å². The van der Waals surface area contributed by atoms with E-state index in [0.717, 1.165) is 25.0 Å². The van der Waals surface area contributed by atoms with E-state index in [-0.39, 0.29) is 18.5 Å². The fourth-order valence-electron chi connectivity index (χ4n) is 2.38. The number of carbonyl (C=O) groups is 2. The van der Waals surface area contributed by atoms with Gasteiger partial charge in [0.1, 0.15) is 0 Å². The number of imide groups is 1. The van der Waals surface area contributed by atoms with E-state index in [1.807, 2.05) is 6.07 Å². The van der Waals surface area contributed by atoms with Crippen LogP contribution >= 0.6 is 0 Å². The quantitative estimate of drug-likeness (QED) is 0.734. The van der Waals surface area contributed by atoms with E-state index < -0.39 is 0 Å². The molecule has 0 unspecified atom stereocenters. The zero-order chi connectivity index (χ0) is 11.8. The number of hydrogen-bond acceptors (Lipinski definition) is 3. The summed E-state index contributed by atoms with van der Waals surface area (Å²) in [5, 5.41) is 2.51. The molecule has 5 nitrogen and oxygen atoms in total. The lowest BCUT2D eigenvalue weighted by Gasteiger charge is -2.18. The van der Waals surface area contributed by atoms with E-state index in [4.69, 9.17) is 0 Å². The van der Waals surface area contributed by atoms with E-state index in [1.165, 1.54) is 16.9 Å². The molecule has 5 heteroatoms. The predicted octanol–water partition coefficient (Wildman–Crippen LogP) is 1.02. The molecule has 88 valence electrons. The van der Waals surface area contributed by atoms with Crippen LogP contribution in [-0.2, 0) is 17.6 Å². The Morgan fingerprint density at radius 2 is 2.06 bits per heavy atom. The second-order valence-corrected chi connectivity index (χ2v) is 4.39. The van der Waals surface area contributed by atoms with E-state index in [1.54, 1.807) is 6.20 Å². The number of amides is 3. The van der Waals surface area contributed by atoms with Crippen molar-refractivity contribution in [3.63, 3.8) is 0 Å². The largest absolute Gasteiger partial charge is 0.329 e. The summed E-state index contributed by atoms with van der Waals surface area (Å²) in [6.45, 7) is 0.0793. The molecule has 1 fully saturated rings. The molecular weight excluding hydrogens is 218 g/mol. The van der Waals surface area contributed by atoms with Crippen LogP contribution in [0.4, 0.5) is 10.5 Å². The molecule has 0 bridgehead atoms. The van der Waals surface area contributed by atoms with Gasteiger partial charge in [-0.15, -0.1) is 0 Å². The molecule has 1 aromatic rings. The lowest BCUT2D eigenvalue weighted by atomic mass is 9.96. The third kappa shape index (κ3) is 1.67. The maximum Gasteiger partial charge on any atom is 0.329 e. The Kier molecular flexibility index (Phi) is 2.31. The average Bonchev–Trinajstić information content (AvgIpc) is 2.68. The van der Waals surface area contributed by atoms with Gasteiger partial charge in [0.2, 0.25) is 0 Å². The highest BCUT2D eigenvalue weighted by atomic mass is 16.2. The fourth-order valence-corrected chi connectivity index (χ4v) is 2.38. The van der Waals surface area contributed by atoms with E-state index in [0.29, 0.717) is 5.69 Å². The van der Waals surface area contributed by atoms with Crippen molar-refractivity contribution in [2.24, 2.45) is 0 Å². The minimum Gasteiger partial charge on any atom is -0.328 e. The van der Waals surface area contributed by atoms with Crippen LogP contribution in [0.5, 0.6) is 0 Å². The zero-order valence-corrected chi connectivity index (χ0v) is 9.40. The van der Waals surface area contributed by atoms with Crippen molar-refractivity contribution < 1.29 is 9.59 Å². The maximum atomic E-state index is 11.6. The SMILES string of the molecule is O=C1CNC(=O)N1c1cnc2c(c1)CCCC2. The number of hydrogen-bond donors (Lipinski definition) is 1. The summed E-state index contributed by atoms with van der Waals surface area (Å²) in [4.78, 5) is 28.6. The average molecular weight is 231 g/mol. The molecule has 1 aliphatic carbocycles. The number of urea groups is 1. The van der Waals surface area contributed by atoms with Crippen LogP contribution in [-0.4, -0.2) is 23.5 Å². The predicted molar refractivity (Wildman–Crippen MR) is 61.8 cm³/mol. The third-order valence-electron chi connectivity index (χ3n) is 3.26. The molecule has 17 heavy (non-hydrogen) atoms. The molecule has 3 amide bonds. The molecule has 1 aliphatic heterocycles. The number of carbonyl (C=O) groups excluding carboxylic acids is 2. The number of nitrogens with zero attached hydrogens (tertiary/aromatic N) is 2. The maximum absolute atomic E-state index is 11.6. The summed E-state index contributed by atoms with van der Waals surface area (Å²) in [6.07, 6.45) is 5.92. The number of aromatic nitrogens is 1. The molecule has 1 saturated heterocycles. The van der Waals surface area contributed by atoms with Crippen molar-refractivity contribution in [1.82, 2.24) is 10.3 Å². The number of fused-ring (bicyclic) bond motifs is 1. The molecule has 0 aromatic carbocycles. The zero-order valence-electron chi connectivity index (χ0n) is 9.40. The second-order valence-electron chi connectivity index (χ2n) is 4.39. The van der Waals surface area contributed by atoms with Crippen LogP contribution in [0.3, 0.4) is 0 Å². The smallest absolute Gasteiger partial charge is 0.328 e. The highest BCUT2D eigenvalue weighted by Gasteiger charge is 2.30. The number of aryl methyl sites for hydroxylation is 2. The Bertz CT molecular complexity index is 483. The number of nitrogens with one attached hydrogen (secondary N) is 1. The van der Waals surface area contributed by atoms with Crippen molar-refractivity contribution in [2.75, 3.05) is 11.4 Å². The molecular formula is C12H13N3O2. The van der Waals surface area contributed by atoms with Gasteiger partial charge in [0.15, 0.2) is 0 Å². The first kappa shape index (κ1) is 10.3. The van der Waals surface area contributed by atoms with E-state index in [9.17, 15) is 9.59 Å². The normalized spacial score (nSPS) is 19.2. The van der Waals surface area contributed by atoms with E-state index in [2.05, 4.69) is 10.3 Å². The molecule has 1 N–H and O–H groups in total. The number of pyridine rings is 1. The second kappa shape index (κ2) is 3.84. The molecule has 0 saturated carbocycles. The first-order chi connectivity index (χ1) is 8.25. The Hall–Kier alpha value is -1.91. The highest BCUT2D eigenvalue weighted by molar-refractivity contribution is 6.19. The lowest BCUT2D eigenvalue weighted by Crippen LogP contribution is -2.31. The molecule has 0 atom stereocenters. The number of rotatable bonds is 1. The van der Waals surface area contributed by atoms with Gasteiger partial charge >= 0.3 is 6.03 Å². The van der Waals surface area contributed by atoms with Gasteiger partial charge < -0.3 is 5.32 Å². The first-order valence-corrected chi connectivity index (χ1v) is 5.84. The van der Waals surface area contributed by atoms with Crippen LogP contribution in [0.1, 0.15) is 24.1 Å². The van der Waals surface area contributed by atoms with Gasteiger partial charge in [0.05, 0.1) is 18.4 Å². The summed E-state index contributed by atoms with van der Waals surface area (Å²) < 4.78 is 0. The van der Waals surface area contributed by atoms with Gasteiger partial charge in [0, 0.05) is 5.69 Å². The van der Waals surface area contributed by atoms with Crippen molar-refractivity contribution in [2.45, 2.75) is 25.7 Å². The minimum absolute atomic E-state index is 0.0793. The van der Waals surface area contributed by atoms with Gasteiger partial charge in [-0.05, 0) is 37.3 Å². The first-order valence-electron chi connectivity index (χ1n) is 5.84. The molecule has 2 aliphatic rings. The van der Waals surface area contributed by atoms with Crippen molar-refractivity contribution >= 4 is 17.6 Å². The summed E-state index contributed by atoms with van der Waals surface area (Å²) in [6, 6.07) is 1.57. The Balaban J connectivity index is 1.98. The Morgan fingerprint density at radius 3 is 2.82 bits per heavy atom. The topological polar surface area (TPSA) is 62.3 Å². The van der Waals surface area contributed by atoms with Crippen LogP contribution in [0.2, 0.25) is 0 Å². The van der Waals surface area contributed by atoms with Crippen molar-refractivity contribution in [3.05, 3.63) is 23.5 Å². The molecule has 3 rings (SSSR count). The third-order valence-corrected chi connectivity index (χ3v) is 3.26. The highest BCUT2D eigenvalue weighted by Crippen LogP contribution is 2.25. The van der Waals surface area contributed by atoms with Crippen molar-refractivity contribution in [3.8, 4) is 0 Å². The van der Waals surface area contributed by atoms with Crippen LogP contribution in [0.15, 0.2) is 12.3 Å². The Labute approximate surface area is 98.8 Å². The van der Waals surface area contributed by atoms with Gasteiger partial charge in [-0.1, -0.05) is 0 Å². The Morgan fingerprint density at radius 1 is 1.24 bits per heavy atom. The molecule has 0 spiro atoms. The summed E-state index contributed by atoms with van der Waals surface area (Å²) in [5.41, 5.74) is 2.86. The molecule has 0 radical (unpaired) electrons. The molecule has 2 heterocycles. The monoisotopic (exact) mass is 231 g/mol. The van der Waals surface area contributed by atoms with Gasteiger partial charge in [-0.25, -0.2) is 9.69 Å². The fraction of sp³-hybridized carbons (Fsp3) is 0.417. The van der Waals surface area contributed by atoms with Crippen LogP contribution in [0, 0.1) is 0 Å². The van der Waals surface area contributed by atoms with Gasteiger partial charge in [-0.3, -0.25) is 9.78 Å². The minimum atomic E-state index is -0.354. The summed E-state index contributed by atoms with van der Waals surface area (Å²) >= 11 is 0. The van der Waals surface area contributed by atoms with Crippen molar-refractivity contribution in [1.29, 1.82) is 0 Å².